The van der Waals surface area contributed by atoms with Crippen LogP contribution in [-0.4, -0.2) is 23.5 Å². The Kier molecular flexibility index (Phi) is 4.70. The van der Waals surface area contributed by atoms with Crippen molar-refractivity contribution in [1.29, 1.82) is 0 Å². The molecule has 0 bridgehead atoms. The van der Waals surface area contributed by atoms with Crippen molar-refractivity contribution in [3.05, 3.63) is 30.1 Å². The van der Waals surface area contributed by atoms with Gasteiger partial charge in [-0.05, 0) is 30.9 Å². The quantitative estimate of drug-likeness (QED) is 0.851. The highest BCUT2D eigenvalue weighted by molar-refractivity contribution is 5.94. The summed E-state index contributed by atoms with van der Waals surface area (Å²) < 4.78 is 0. The Labute approximate surface area is 108 Å². The summed E-state index contributed by atoms with van der Waals surface area (Å²) in [5.41, 5.74) is 6.40. The number of hydrogen-bond donors (Lipinski definition) is 2. The molecule has 1 atom stereocenters. The van der Waals surface area contributed by atoms with Crippen LogP contribution in [0.3, 0.4) is 0 Å². The van der Waals surface area contributed by atoms with Gasteiger partial charge < -0.3 is 11.1 Å². The van der Waals surface area contributed by atoms with Crippen molar-refractivity contribution in [2.45, 2.75) is 38.1 Å². The van der Waals surface area contributed by atoms with Crippen molar-refractivity contribution in [3.63, 3.8) is 0 Å². The van der Waals surface area contributed by atoms with Crippen LogP contribution in [0.1, 0.15) is 42.5 Å². The molecular formula is C14H21N3O. The van der Waals surface area contributed by atoms with Crippen molar-refractivity contribution >= 4 is 5.91 Å². The summed E-state index contributed by atoms with van der Waals surface area (Å²) in [7, 11) is 0. The van der Waals surface area contributed by atoms with Gasteiger partial charge >= 0.3 is 0 Å². The summed E-state index contributed by atoms with van der Waals surface area (Å²) in [6, 6.07) is 3.64. The third kappa shape index (κ3) is 3.29. The first kappa shape index (κ1) is 13.0. The molecule has 1 aromatic rings. The zero-order chi connectivity index (χ0) is 12.8. The molecule has 0 spiro atoms. The molecule has 0 aromatic carbocycles. The van der Waals surface area contributed by atoms with E-state index >= 15 is 0 Å². The van der Waals surface area contributed by atoms with Crippen LogP contribution in [0.5, 0.6) is 0 Å². The summed E-state index contributed by atoms with van der Waals surface area (Å²) in [5.74, 6) is 0.466. The fraction of sp³-hybridized carbons (Fsp3) is 0.571. The zero-order valence-electron chi connectivity index (χ0n) is 10.6. The van der Waals surface area contributed by atoms with E-state index in [9.17, 15) is 4.79 Å². The summed E-state index contributed by atoms with van der Waals surface area (Å²) in [5, 5.41) is 3.05. The number of carbonyl (C=O) groups excluding carboxylic acids is 1. The van der Waals surface area contributed by atoms with Crippen LogP contribution in [0.2, 0.25) is 0 Å². The highest BCUT2D eigenvalue weighted by Gasteiger charge is 2.24. The molecule has 1 amide bonds. The number of pyridine rings is 1. The number of aromatic nitrogens is 1. The minimum atomic E-state index is -0.0656. The average Bonchev–Trinajstić information content (AvgIpc) is 2.46. The van der Waals surface area contributed by atoms with E-state index in [-0.39, 0.29) is 11.9 Å². The molecular weight excluding hydrogens is 226 g/mol. The van der Waals surface area contributed by atoms with Crippen LogP contribution in [-0.2, 0) is 0 Å². The fourth-order valence-electron chi connectivity index (χ4n) is 2.65. The second-order valence-electron chi connectivity index (χ2n) is 4.96. The maximum atomic E-state index is 12.0. The van der Waals surface area contributed by atoms with Gasteiger partial charge in [-0.15, -0.1) is 0 Å². The molecule has 1 aromatic heterocycles. The number of carbonyl (C=O) groups is 1. The van der Waals surface area contributed by atoms with Gasteiger partial charge in [0.2, 0.25) is 0 Å². The normalized spacial score (nSPS) is 18.3. The van der Waals surface area contributed by atoms with E-state index in [4.69, 9.17) is 5.73 Å². The van der Waals surface area contributed by atoms with Crippen LogP contribution >= 0.6 is 0 Å². The lowest BCUT2D eigenvalue weighted by Gasteiger charge is -2.30. The maximum Gasteiger partial charge on any atom is 0.253 e. The molecule has 1 unspecified atom stereocenters. The first-order valence-corrected chi connectivity index (χ1v) is 6.72. The second kappa shape index (κ2) is 6.50. The number of amides is 1. The van der Waals surface area contributed by atoms with E-state index in [1.807, 2.05) is 0 Å². The van der Waals surface area contributed by atoms with Gasteiger partial charge in [-0.1, -0.05) is 19.3 Å². The molecule has 1 aliphatic carbocycles. The van der Waals surface area contributed by atoms with Crippen LogP contribution in [0, 0.1) is 5.92 Å². The third-order valence-corrected chi connectivity index (χ3v) is 3.71. The first-order chi connectivity index (χ1) is 8.81. The van der Waals surface area contributed by atoms with E-state index in [0.717, 1.165) is 0 Å². The number of rotatable bonds is 4. The molecule has 0 radical (unpaired) electrons. The molecule has 3 N–H and O–H groups in total. The molecule has 0 aliphatic heterocycles. The predicted octanol–water partition coefficient (Wildman–Crippen LogP) is 1.72. The summed E-state index contributed by atoms with van der Waals surface area (Å²) >= 11 is 0. The lowest BCUT2D eigenvalue weighted by Crippen LogP contribution is -2.45. The zero-order valence-corrected chi connectivity index (χ0v) is 10.6. The monoisotopic (exact) mass is 247 g/mol. The SMILES string of the molecule is NCC(NC(=O)c1cccnc1)C1CCCCC1. The van der Waals surface area contributed by atoms with Crippen molar-refractivity contribution in [2.24, 2.45) is 11.7 Å². The van der Waals surface area contributed by atoms with E-state index < -0.39 is 0 Å². The fourth-order valence-corrected chi connectivity index (χ4v) is 2.65. The van der Waals surface area contributed by atoms with Gasteiger partial charge in [-0.25, -0.2) is 0 Å². The molecule has 1 aliphatic rings. The highest BCUT2D eigenvalue weighted by atomic mass is 16.1. The maximum absolute atomic E-state index is 12.0. The average molecular weight is 247 g/mol. The Morgan fingerprint density at radius 1 is 1.44 bits per heavy atom. The number of nitrogens with zero attached hydrogens (tertiary/aromatic N) is 1. The van der Waals surface area contributed by atoms with Gasteiger partial charge in [-0.3, -0.25) is 9.78 Å². The second-order valence-corrected chi connectivity index (χ2v) is 4.96. The molecule has 4 nitrogen and oxygen atoms in total. The first-order valence-electron chi connectivity index (χ1n) is 6.72. The number of nitrogens with one attached hydrogen (secondary N) is 1. The highest BCUT2D eigenvalue weighted by Crippen LogP contribution is 2.26. The number of hydrogen-bond acceptors (Lipinski definition) is 3. The van der Waals surface area contributed by atoms with Gasteiger partial charge in [0.15, 0.2) is 0 Å². The molecule has 0 saturated heterocycles. The lowest BCUT2D eigenvalue weighted by atomic mass is 9.84. The Hall–Kier alpha value is -1.42. The van der Waals surface area contributed by atoms with Crippen molar-refractivity contribution in [3.8, 4) is 0 Å². The Morgan fingerprint density at radius 3 is 2.83 bits per heavy atom. The standard InChI is InChI=1S/C14H21N3O/c15-9-13(11-5-2-1-3-6-11)17-14(18)12-7-4-8-16-10-12/h4,7-8,10-11,13H,1-3,5-6,9,15H2,(H,17,18). The minimum Gasteiger partial charge on any atom is -0.348 e. The Balaban J connectivity index is 1.95. The van der Waals surface area contributed by atoms with E-state index in [2.05, 4.69) is 10.3 Å². The molecule has 98 valence electrons. The Morgan fingerprint density at radius 2 is 2.22 bits per heavy atom. The number of nitrogens with two attached hydrogens (primary N) is 1. The lowest BCUT2D eigenvalue weighted by molar-refractivity contribution is 0.0915. The van der Waals surface area contributed by atoms with E-state index in [1.54, 1.807) is 24.5 Å². The van der Waals surface area contributed by atoms with Gasteiger partial charge in [0, 0.05) is 25.0 Å². The van der Waals surface area contributed by atoms with Gasteiger partial charge in [0.1, 0.15) is 0 Å². The van der Waals surface area contributed by atoms with Gasteiger partial charge in [-0.2, -0.15) is 0 Å². The predicted molar refractivity (Wildman–Crippen MR) is 71.1 cm³/mol. The van der Waals surface area contributed by atoms with E-state index in [0.29, 0.717) is 18.0 Å². The van der Waals surface area contributed by atoms with Gasteiger partial charge in [0.25, 0.3) is 5.91 Å². The molecule has 1 heterocycles. The van der Waals surface area contributed by atoms with Crippen molar-refractivity contribution in [2.75, 3.05) is 6.54 Å². The van der Waals surface area contributed by atoms with Crippen LogP contribution in [0.15, 0.2) is 24.5 Å². The molecule has 2 rings (SSSR count). The van der Waals surface area contributed by atoms with Crippen molar-refractivity contribution < 1.29 is 4.79 Å². The van der Waals surface area contributed by atoms with E-state index in [1.165, 1.54) is 32.1 Å². The molecule has 1 fully saturated rings. The topological polar surface area (TPSA) is 68.0 Å². The van der Waals surface area contributed by atoms with Crippen molar-refractivity contribution in [1.82, 2.24) is 10.3 Å². The molecule has 1 saturated carbocycles. The molecule has 18 heavy (non-hydrogen) atoms. The summed E-state index contributed by atoms with van der Waals surface area (Å²) in [6.45, 7) is 0.511. The van der Waals surface area contributed by atoms with Crippen LogP contribution in [0.25, 0.3) is 0 Å². The summed E-state index contributed by atoms with van der Waals surface area (Å²) in [4.78, 5) is 16.0. The smallest absolute Gasteiger partial charge is 0.253 e. The largest absolute Gasteiger partial charge is 0.348 e. The third-order valence-electron chi connectivity index (χ3n) is 3.71. The Bertz CT molecular complexity index is 374. The summed E-state index contributed by atoms with van der Waals surface area (Å²) in [6.07, 6.45) is 9.42. The van der Waals surface area contributed by atoms with Crippen LogP contribution in [0.4, 0.5) is 0 Å². The minimum absolute atomic E-state index is 0.0656. The molecule has 4 heteroatoms. The van der Waals surface area contributed by atoms with Crippen LogP contribution < -0.4 is 11.1 Å². The van der Waals surface area contributed by atoms with Gasteiger partial charge in [0.05, 0.1) is 5.56 Å².